The second-order valence-electron chi connectivity index (χ2n) is 11.4. The van der Waals surface area contributed by atoms with Crippen molar-refractivity contribution < 1.29 is 28.3 Å². The van der Waals surface area contributed by atoms with Gasteiger partial charge < -0.3 is 20.6 Å². The van der Waals surface area contributed by atoms with Crippen molar-refractivity contribution in [3.63, 3.8) is 0 Å². The van der Waals surface area contributed by atoms with Gasteiger partial charge in [-0.25, -0.2) is 13.8 Å². The number of piperidine rings is 1. The van der Waals surface area contributed by atoms with Crippen LogP contribution in [0.2, 0.25) is 0 Å². The van der Waals surface area contributed by atoms with Gasteiger partial charge in [-0.15, -0.1) is 0 Å². The molecule has 3 atom stereocenters. The molecule has 3 amide bonds. The third-order valence-corrected chi connectivity index (χ3v) is 8.52. The molecule has 1 aliphatic carbocycles. The molecule has 0 saturated carbocycles. The Bertz CT molecular complexity index is 1550. The van der Waals surface area contributed by atoms with Crippen molar-refractivity contribution in [2.24, 2.45) is 5.41 Å². The molecule has 0 radical (unpaired) electrons. The van der Waals surface area contributed by atoms with Gasteiger partial charge in [0, 0.05) is 23.5 Å². The Balaban J connectivity index is 1.23. The van der Waals surface area contributed by atoms with Gasteiger partial charge in [-0.2, -0.15) is 0 Å². The van der Waals surface area contributed by atoms with E-state index in [2.05, 4.69) is 15.6 Å². The summed E-state index contributed by atoms with van der Waals surface area (Å²) in [7, 11) is 0. The van der Waals surface area contributed by atoms with E-state index in [4.69, 9.17) is 0 Å². The summed E-state index contributed by atoms with van der Waals surface area (Å²) in [6, 6.07) is 11.2. The Morgan fingerprint density at radius 1 is 1.10 bits per heavy atom. The number of benzene rings is 2. The molecule has 3 N–H and O–H groups in total. The molecule has 8 nitrogen and oxygen atoms in total. The zero-order valence-electron chi connectivity index (χ0n) is 22.0. The molecule has 3 aromatic rings. The number of rotatable bonds is 4. The third-order valence-electron chi connectivity index (χ3n) is 8.52. The molecule has 40 heavy (non-hydrogen) atoms. The summed E-state index contributed by atoms with van der Waals surface area (Å²) in [5, 5.41) is 16.4. The molecule has 1 saturated heterocycles. The van der Waals surface area contributed by atoms with Crippen LogP contribution in [0, 0.1) is 17.0 Å². The van der Waals surface area contributed by atoms with Crippen LogP contribution in [0.4, 0.5) is 20.3 Å². The van der Waals surface area contributed by atoms with Gasteiger partial charge in [0.15, 0.2) is 0 Å². The average Bonchev–Trinajstić information content (AvgIpc) is 3.41. The van der Waals surface area contributed by atoms with Crippen molar-refractivity contribution in [3.05, 3.63) is 88.6 Å². The first-order valence-electron chi connectivity index (χ1n) is 13.1. The molecule has 0 bridgehead atoms. The van der Waals surface area contributed by atoms with E-state index in [0.717, 1.165) is 34.9 Å². The molecule has 1 aromatic heterocycles. The molecule has 1 fully saturated rings. The van der Waals surface area contributed by atoms with Crippen LogP contribution in [0.3, 0.4) is 0 Å². The number of aromatic nitrogens is 1. The number of carbonyl (C=O) groups excluding carboxylic acids is 3. The van der Waals surface area contributed by atoms with Crippen molar-refractivity contribution in [3.8, 4) is 0 Å². The Labute approximate surface area is 229 Å². The standard InChI is InChI=1S/C30H28F2N4O4/c1-29(2)24(37)12-23(17-8-19(31)11-20(32)9-17)36(28(29)40)15-25(38)34-21-6-5-16-13-30(14-18(16)10-21)22-4-3-7-33-26(22)35-27(30)39/h3-11,23-24,37H,12-15H2,1-2H3,(H,34,38)(H,33,35,39). The lowest BCUT2D eigenvalue weighted by molar-refractivity contribution is -0.160. The zero-order valence-corrected chi connectivity index (χ0v) is 22.0. The molecular weight excluding hydrogens is 518 g/mol. The van der Waals surface area contributed by atoms with E-state index in [-0.39, 0.29) is 24.4 Å². The van der Waals surface area contributed by atoms with Gasteiger partial charge in [0.1, 0.15) is 24.0 Å². The van der Waals surface area contributed by atoms with Crippen LogP contribution < -0.4 is 10.6 Å². The van der Waals surface area contributed by atoms with E-state index in [0.29, 0.717) is 24.3 Å². The molecule has 10 heteroatoms. The molecule has 3 unspecified atom stereocenters. The monoisotopic (exact) mass is 546 g/mol. The van der Waals surface area contributed by atoms with Crippen molar-refractivity contribution in [2.75, 3.05) is 17.2 Å². The average molecular weight is 547 g/mol. The highest BCUT2D eigenvalue weighted by molar-refractivity contribution is 6.06. The van der Waals surface area contributed by atoms with E-state index in [1.807, 2.05) is 24.3 Å². The summed E-state index contributed by atoms with van der Waals surface area (Å²) >= 11 is 0. The topological polar surface area (TPSA) is 112 Å². The number of anilines is 2. The first kappa shape index (κ1) is 26.1. The molecule has 3 heterocycles. The van der Waals surface area contributed by atoms with Crippen molar-refractivity contribution >= 4 is 29.2 Å². The number of nitrogens with zero attached hydrogens (tertiary/aromatic N) is 2. The highest BCUT2D eigenvalue weighted by Crippen LogP contribution is 2.47. The number of aliphatic hydroxyl groups excluding tert-OH is 1. The zero-order chi connectivity index (χ0) is 28.4. The lowest BCUT2D eigenvalue weighted by atomic mass is 9.76. The van der Waals surface area contributed by atoms with Gasteiger partial charge in [-0.3, -0.25) is 14.4 Å². The van der Waals surface area contributed by atoms with Crippen molar-refractivity contribution in [1.82, 2.24) is 9.88 Å². The number of amides is 3. The summed E-state index contributed by atoms with van der Waals surface area (Å²) in [4.78, 5) is 45.1. The largest absolute Gasteiger partial charge is 0.392 e. The van der Waals surface area contributed by atoms with Crippen molar-refractivity contribution in [2.45, 2.75) is 50.7 Å². The van der Waals surface area contributed by atoms with E-state index in [1.165, 1.54) is 4.90 Å². The number of likely N-dealkylation sites (tertiary alicyclic amines) is 1. The fraction of sp³-hybridized carbons (Fsp3) is 0.333. The van der Waals surface area contributed by atoms with E-state index >= 15 is 0 Å². The highest BCUT2D eigenvalue weighted by atomic mass is 19.1. The minimum absolute atomic E-state index is 0.0221. The fourth-order valence-corrected chi connectivity index (χ4v) is 6.25. The maximum Gasteiger partial charge on any atom is 0.244 e. The summed E-state index contributed by atoms with van der Waals surface area (Å²) in [6.07, 6.45) is 1.58. The number of hydrogen-bond acceptors (Lipinski definition) is 5. The molecule has 206 valence electrons. The first-order valence-corrected chi connectivity index (χ1v) is 13.1. The minimum atomic E-state index is -1.18. The molecule has 6 rings (SSSR count). The molecule has 3 aliphatic rings. The predicted molar refractivity (Wildman–Crippen MR) is 142 cm³/mol. The number of fused-ring (bicyclic) bond motifs is 3. The molecule has 1 spiro atoms. The van der Waals surface area contributed by atoms with E-state index in [1.54, 1.807) is 26.1 Å². The summed E-state index contributed by atoms with van der Waals surface area (Å²) in [5.74, 6) is -2.14. The van der Waals surface area contributed by atoms with Crippen LogP contribution in [-0.2, 0) is 32.6 Å². The Morgan fingerprint density at radius 2 is 1.82 bits per heavy atom. The lowest BCUT2D eigenvalue weighted by Gasteiger charge is -2.45. The molecule has 2 aromatic carbocycles. The van der Waals surface area contributed by atoms with Crippen LogP contribution in [0.15, 0.2) is 54.7 Å². The number of carbonyl (C=O) groups is 3. The summed E-state index contributed by atoms with van der Waals surface area (Å²) in [6.45, 7) is 2.78. The van der Waals surface area contributed by atoms with E-state index < -0.39 is 46.4 Å². The summed E-state index contributed by atoms with van der Waals surface area (Å²) in [5.41, 5.74) is 1.53. The van der Waals surface area contributed by atoms with Crippen molar-refractivity contribution in [1.29, 1.82) is 0 Å². The summed E-state index contributed by atoms with van der Waals surface area (Å²) < 4.78 is 28.0. The fourth-order valence-electron chi connectivity index (χ4n) is 6.25. The molecule has 2 aliphatic heterocycles. The minimum Gasteiger partial charge on any atom is -0.392 e. The Hall–Kier alpha value is -4.18. The highest BCUT2D eigenvalue weighted by Gasteiger charge is 2.51. The van der Waals surface area contributed by atoms with Crippen LogP contribution in [0.25, 0.3) is 0 Å². The maximum absolute atomic E-state index is 14.0. The maximum atomic E-state index is 14.0. The van der Waals surface area contributed by atoms with Gasteiger partial charge in [-0.05, 0) is 80.1 Å². The van der Waals surface area contributed by atoms with Gasteiger partial charge in [-0.1, -0.05) is 12.1 Å². The van der Waals surface area contributed by atoms with Crippen LogP contribution in [-0.4, -0.2) is 45.4 Å². The van der Waals surface area contributed by atoms with Gasteiger partial charge in [0.25, 0.3) is 0 Å². The SMILES string of the molecule is CC1(C)C(=O)N(CC(=O)Nc2ccc3c(c2)CC2(C3)C(=O)Nc3ncccc32)C(c2cc(F)cc(F)c2)CC1O. The van der Waals surface area contributed by atoms with Gasteiger partial charge >= 0.3 is 0 Å². The smallest absolute Gasteiger partial charge is 0.244 e. The Kier molecular flexibility index (Phi) is 5.99. The quantitative estimate of drug-likeness (QED) is 0.463. The second kappa shape index (κ2) is 9.19. The predicted octanol–water partition coefficient (Wildman–Crippen LogP) is 3.65. The van der Waals surface area contributed by atoms with Crippen LogP contribution in [0.1, 0.15) is 48.6 Å². The number of pyridine rings is 1. The van der Waals surface area contributed by atoms with Crippen LogP contribution >= 0.6 is 0 Å². The number of hydrogen-bond donors (Lipinski definition) is 3. The second-order valence-corrected chi connectivity index (χ2v) is 11.4. The molecular formula is C30H28F2N4O4. The number of nitrogens with one attached hydrogen (secondary N) is 2. The third kappa shape index (κ3) is 4.14. The Morgan fingerprint density at radius 3 is 2.58 bits per heavy atom. The first-order chi connectivity index (χ1) is 19.0. The van der Waals surface area contributed by atoms with Gasteiger partial charge in [0.2, 0.25) is 17.7 Å². The van der Waals surface area contributed by atoms with Gasteiger partial charge in [0.05, 0.1) is 23.0 Å². The number of halogens is 2. The lowest BCUT2D eigenvalue weighted by Crippen LogP contribution is -2.56. The van der Waals surface area contributed by atoms with Crippen LogP contribution in [0.5, 0.6) is 0 Å². The van der Waals surface area contributed by atoms with E-state index in [9.17, 15) is 28.3 Å². The normalized spacial score (nSPS) is 24.6. The number of aliphatic hydroxyl groups is 1.